The maximum Gasteiger partial charge on any atom is 0.213 e. The number of ether oxygens (including phenoxy) is 1. The van der Waals surface area contributed by atoms with Gasteiger partial charge in [0.15, 0.2) is 0 Å². The first-order valence-electron chi connectivity index (χ1n) is 4.01. The lowest BCUT2D eigenvalue weighted by Gasteiger charge is -2.01. The lowest BCUT2D eigenvalue weighted by Crippen LogP contribution is -2.37. The van der Waals surface area contributed by atoms with Gasteiger partial charge in [-0.1, -0.05) is 0 Å². The molecule has 0 saturated heterocycles. The second kappa shape index (κ2) is 5.03. The van der Waals surface area contributed by atoms with E-state index in [1.807, 2.05) is 6.07 Å². The van der Waals surface area contributed by atoms with Gasteiger partial charge in [-0.15, -0.1) is 0 Å². The van der Waals surface area contributed by atoms with Crippen LogP contribution in [0.3, 0.4) is 0 Å². The highest BCUT2D eigenvalue weighted by atomic mass is 16.5. The summed E-state index contributed by atoms with van der Waals surface area (Å²) in [4.78, 5) is 7.93. The Labute approximate surface area is 82.0 Å². The lowest BCUT2D eigenvalue weighted by atomic mass is 10.3. The van der Waals surface area contributed by atoms with E-state index in [2.05, 4.69) is 15.4 Å². The van der Waals surface area contributed by atoms with Crippen LogP contribution in [-0.2, 0) is 6.54 Å². The molecule has 1 aromatic rings. The number of methoxy groups -OCH3 is 1. The number of hydrogen-bond donors (Lipinski definition) is 3. The van der Waals surface area contributed by atoms with Gasteiger partial charge in [-0.25, -0.2) is 15.8 Å². The van der Waals surface area contributed by atoms with E-state index < -0.39 is 0 Å². The molecule has 1 aromatic heterocycles. The summed E-state index contributed by atoms with van der Waals surface area (Å²) >= 11 is 0. The van der Waals surface area contributed by atoms with Gasteiger partial charge in [-0.2, -0.15) is 0 Å². The van der Waals surface area contributed by atoms with Crippen molar-refractivity contribution in [2.24, 2.45) is 16.6 Å². The van der Waals surface area contributed by atoms with Crippen LogP contribution in [0.1, 0.15) is 5.56 Å². The van der Waals surface area contributed by atoms with Crippen LogP contribution in [0.5, 0.6) is 5.88 Å². The van der Waals surface area contributed by atoms with Crippen LogP contribution < -0.4 is 21.7 Å². The number of hydrogen-bond acceptors (Lipinski definition) is 4. The number of nitrogens with zero attached hydrogens (tertiary/aromatic N) is 2. The first-order valence-corrected chi connectivity index (χ1v) is 4.01. The molecule has 0 aliphatic heterocycles. The predicted molar refractivity (Wildman–Crippen MR) is 53.4 cm³/mol. The van der Waals surface area contributed by atoms with Gasteiger partial charge in [0.25, 0.3) is 0 Å². The van der Waals surface area contributed by atoms with Gasteiger partial charge in [0.1, 0.15) is 0 Å². The molecular weight excluding hydrogens is 182 g/mol. The molecule has 0 aliphatic rings. The van der Waals surface area contributed by atoms with E-state index in [1.165, 1.54) is 0 Å². The van der Waals surface area contributed by atoms with Gasteiger partial charge < -0.3 is 10.5 Å². The molecule has 0 saturated carbocycles. The van der Waals surface area contributed by atoms with Crippen molar-refractivity contribution in [2.45, 2.75) is 6.54 Å². The number of aromatic nitrogens is 1. The van der Waals surface area contributed by atoms with Gasteiger partial charge in [-0.3, -0.25) is 5.43 Å². The van der Waals surface area contributed by atoms with Crippen molar-refractivity contribution >= 4 is 5.96 Å². The molecule has 5 N–H and O–H groups in total. The molecule has 0 aliphatic carbocycles. The molecule has 1 heterocycles. The quantitative estimate of drug-likeness (QED) is 0.258. The Balaban J connectivity index is 2.67. The minimum Gasteiger partial charge on any atom is -0.481 e. The Morgan fingerprint density at radius 1 is 1.71 bits per heavy atom. The van der Waals surface area contributed by atoms with Crippen LogP contribution in [0.2, 0.25) is 0 Å². The van der Waals surface area contributed by atoms with Crippen LogP contribution in [-0.4, -0.2) is 18.1 Å². The Morgan fingerprint density at radius 3 is 3.14 bits per heavy atom. The highest BCUT2D eigenvalue weighted by Crippen LogP contribution is 2.08. The third-order valence-electron chi connectivity index (χ3n) is 1.59. The smallest absolute Gasteiger partial charge is 0.213 e. The molecule has 0 fully saturated rings. The maximum absolute atomic E-state index is 5.36. The van der Waals surface area contributed by atoms with Gasteiger partial charge in [-0.05, 0) is 11.6 Å². The Morgan fingerprint density at radius 2 is 2.50 bits per heavy atom. The molecule has 6 nitrogen and oxygen atoms in total. The molecule has 0 atom stereocenters. The van der Waals surface area contributed by atoms with Crippen LogP contribution in [0, 0.1) is 0 Å². The van der Waals surface area contributed by atoms with Crippen LogP contribution >= 0.6 is 0 Å². The average molecular weight is 195 g/mol. The minimum absolute atomic E-state index is 0.195. The number of nitrogens with two attached hydrogens (primary N) is 2. The summed E-state index contributed by atoms with van der Waals surface area (Å²) in [5, 5.41) is 0. The molecule has 0 bridgehead atoms. The Hall–Kier alpha value is -1.82. The van der Waals surface area contributed by atoms with Gasteiger partial charge in [0, 0.05) is 12.3 Å². The molecule has 0 radical (unpaired) electrons. The molecular formula is C8H13N5O. The van der Waals surface area contributed by atoms with E-state index in [4.69, 9.17) is 16.3 Å². The topological polar surface area (TPSA) is 98.5 Å². The van der Waals surface area contributed by atoms with Crippen LogP contribution in [0.15, 0.2) is 23.3 Å². The molecule has 14 heavy (non-hydrogen) atoms. The predicted octanol–water partition coefficient (Wildman–Crippen LogP) is -0.632. The summed E-state index contributed by atoms with van der Waals surface area (Å²) < 4.78 is 4.96. The first kappa shape index (κ1) is 10.3. The summed E-state index contributed by atoms with van der Waals surface area (Å²) in [5.41, 5.74) is 8.56. The van der Waals surface area contributed by atoms with Crippen molar-refractivity contribution < 1.29 is 4.74 Å². The van der Waals surface area contributed by atoms with E-state index in [0.717, 1.165) is 5.56 Å². The number of rotatable bonds is 3. The van der Waals surface area contributed by atoms with Crippen molar-refractivity contribution in [1.82, 2.24) is 10.4 Å². The Bertz CT molecular complexity index is 325. The molecule has 76 valence electrons. The molecule has 1 rings (SSSR count). The molecule has 0 amide bonds. The van der Waals surface area contributed by atoms with Crippen molar-refractivity contribution in [3.63, 3.8) is 0 Å². The van der Waals surface area contributed by atoms with Crippen molar-refractivity contribution in [1.29, 1.82) is 0 Å². The minimum atomic E-state index is 0.195. The zero-order valence-corrected chi connectivity index (χ0v) is 7.90. The molecule has 0 aromatic carbocycles. The zero-order valence-electron chi connectivity index (χ0n) is 7.90. The summed E-state index contributed by atoms with van der Waals surface area (Å²) in [5.74, 6) is 5.80. The number of hydrazine groups is 1. The van der Waals surface area contributed by atoms with Gasteiger partial charge in [0.05, 0.1) is 13.7 Å². The largest absolute Gasteiger partial charge is 0.481 e. The standard InChI is InChI=1S/C8H13N5O/c1-14-7-4-6(2-3-11-7)5-12-8(9)13-10/h2-4H,5,10H2,1H3,(H3,9,12,13). The highest BCUT2D eigenvalue weighted by Gasteiger charge is 1.95. The second-order valence-corrected chi connectivity index (χ2v) is 2.55. The third kappa shape index (κ3) is 2.91. The maximum atomic E-state index is 5.36. The molecule has 0 unspecified atom stereocenters. The normalized spacial score (nSPS) is 11.1. The van der Waals surface area contributed by atoms with Crippen LogP contribution in [0.25, 0.3) is 0 Å². The van der Waals surface area contributed by atoms with Crippen molar-refractivity contribution in [3.05, 3.63) is 23.9 Å². The molecule has 6 heteroatoms. The van der Waals surface area contributed by atoms with Gasteiger partial charge in [0.2, 0.25) is 11.8 Å². The van der Waals surface area contributed by atoms with Crippen LogP contribution in [0.4, 0.5) is 0 Å². The number of guanidine groups is 1. The first-order chi connectivity index (χ1) is 6.76. The fourth-order valence-electron chi connectivity index (χ4n) is 0.883. The van der Waals surface area contributed by atoms with E-state index >= 15 is 0 Å². The average Bonchev–Trinajstić information content (AvgIpc) is 2.26. The fraction of sp³-hybridized carbons (Fsp3) is 0.250. The summed E-state index contributed by atoms with van der Waals surface area (Å²) in [6, 6.07) is 3.61. The number of nitrogens with one attached hydrogen (secondary N) is 1. The van der Waals surface area contributed by atoms with E-state index in [1.54, 1.807) is 19.4 Å². The van der Waals surface area contributed by atoms with E-state index in [-0.39, 0.29) is 5.96 Å². The van der Waals surface area contributed by atoms with Gasteiger partial charge >= 0.3 is 0 Å². The number of pyridine rings is 1. The Kier molecular flexibility index (Phi) is 3.69. The summed E-state index contributed by atoms with van der Waals surface area (Å²) in [6.07, 6.45) is 1.65. The third-order valence-corrected chi connectivity index (χ3v) is 1.59. The lowest BCUT2D eigenvalue weighted by molar-refractivity contribution is 0.397. The summed E-state index contributed by atoms with van der Waals surface area (Å²) in [6.45, 7) is 0.439. The van der Waals surface area contributed by atoms with Crippen molar-refractivity contribution in [2.75, 3.05) is 7.11 Å². The number of aliphatic imine (C=N–C) groups is 1. The zero-order chi connectivity index (χ0) is 10.4. The van der Waals surface area contributed by atoms with E-state index in [9.17, 15) is 0 Å². The van der Waals surface area contributed by atoms with E-state index in [0.29, 0.717) is 12.4 Å². The second-order valence-electron chi connectivity index (χ2n) is 2.55. The monoisotopic (exact) mass is 195 g/mol. The van der Waals surface area contributed by atoms with Crippen molar-refractivity contribution in [3.8, 4) is 5.88 Å². The highest BCUT2D eigenvalue weighted by molar-refractivity contribution is 5.77. The summed E-state index contributed by atoms with van der Waals surface area (Å²) in [7, 11) is 1.56. The SMILES string of the molecule is COc1cc(CN=C(N)NN)ccn1. The fourth-order valence-corrected chi connectivity index (χ4v) is 0.883. The molecule has 0 spiro atoms.